The number of anilines is 2. The Morgan fingerprint density at radius 2 is 1.64 bits per heavy atom. The fourth-order valence-electron chi connectivity index (χ4n) is 5.62. The van der Waals surface area contributed by atoms with E-state index in [1.54, 1.807) is 0 Å². The number of hydrogen-bond donors (Lipinski definition) is 2. The molecule has 0 bridgehead atoms. The van der Waals surface area contributed by atoms with Gasteiger partial charge in [-0.05, 0) is 66.9 Å². The standard InChI is InChI=1S/C34H42N6O2/c1-34(2,3)26-10-8-25(9-11-26)33-36-29-6-4-7-30(32(29)37-33)40-20-18-38(19-21-40)22-23-42-28-14-12-27(13-15-28)35-31(41)24-39-16-5-17-39/h4,6-15H,5,16-24H2,1-3H3,(H,35,41)(H,36,37). The van der Waals surface area contributed by atoms with Crippen LogP contribution in [0.1, 0.15) is 32.8 Å². The molecule has 2 aliphatic heterocycles. The van der Waals surface area contributed by atoms with Crippen LogP contribution >= 0.6 is 0 Å². The molecule has 8 nitrogen and oxygen atoms in total. The summed E-state index contributed by atoms with van der Waals surface area (Å²) in [7, 11) is 0. The Bertz CT molecular complexity index is 1490. The van der Waals surface area contributed by atoms with E-state index in [2.05, 4.69) is 88.2 Å². The van der Waals surface area contributed by atoms with Crippen molar-refractivity contribution in [2.45, 2.75) is 32.6 Å². The van der Waals surface area contributed by atoms with E-state index in [-0.39, 0.29) is 11.3 Å². The Labute approximate surface area is 248 Å². The topological polar surface area (TPSA) is 76.7 Å². The second kappa shape index (κ2) is 12.2. The third-order valence-corrected chi connectivity index (χ3v) is 8.36. The Morgan fingerprint density at radius 1 is 0.905 bits per heavy atom. The quantitative estimate of drug-likeness (QED) is 0.284. The van der Waals surface area contributed by atoms with E-state index in [1.165, 1.54) is 17.7 Å². The molecule has 42 heavy (non-hydrogen) atoms. The summed E-state index contributed by atoms with van der Waals surface area (Å²) < 4.78 is 6.01. The van der Waals surface area contributed by atoms with E-state index in [4.69, 9.17) is 9.72 Å². The summed E-state index contributed by atoms with van der Waals surface area (Å²) in [6.07, 6.45) is 1.19. The average Bonchev–Trinajstić information content (AvgIpc) is 3.41. The molecule has 2 fully saturated rings. The maximum Gasteiger partial charge on any atom is 0.238 e. The van der Waals surface area contributed by atoms with Gasteiger partial charge in [0.2, 0.25) is 5.91 Å². The maximum atomic E-state index is 12.1. The summed E-state index contributed by atoms with van der Waals surface area (Å²) in [4.78, 5) is 27.7. The number of nitrogens with one attached hydrogen (secondary N) is 2. The molecular weight excluding hydrogens is 524 g/mol. The number of carbonyl (C=O) groups is 1. The number of hydrogen-bond acceptors (Lipinski definition) is 6. The lowest BCUT2D eigenvalue weighted by atomic mass is 9.87. The first-order valence-corrected chi connectivity index (χ1v) is 15.1. The molecular formula is C34H42N6O2. The van der Waals surface area contributed by atoms with Crippen molar-refractivity contribution in [3.05, 3.63) is 72.3 Å². The molecule has 0 saturated carbocycles. The lowest BCUT2D eigenvalue weighted by Crippen LogP contribution is -2.47. The van der Waals surface area contributed by atoms with Crippen LogP contribution < -0.4 is 15.0 Å². The molecule has 220 valence electrons. The number of carbonyl (C=O) groups excluding carboxylic acids is 1. The molecule has 6 rings (SSSR count). The Balaban J connectivity index is 0.990. The fraction of sp³-hybridized carbons (Fsp3) is 0.412. The van der Waals surface area contributed by atoms with Crippen LogP contribution in [0.25, 0.3) is 22.4 Å². The van der Waals surface area contributed by atoms with Crippen LogP contribution in [0.2, 0.25) is 0 Å². The predicted molar refractivity (Wildman–Crippen MR) is 171 cm³/mol. The molecule has 2 N–H and O–H groups in total. The third kappa shape index (κ3) is 6.61. The molecule has 8 heteroatoms. The van der Waals surface area contributed by atoms with Crippen LogP contribution in [-0.2, 0) is 10.2 Å². The number of H-pyrrole nitrogens is 1. The number of nitrogens with zero attached hydrogens (tertiary/aromatic N) is 4. The van der Waals surface area contributed by atoms with Gasteiger partial charge in [0.25, 0.3) is 0 Å². The van der Waals surface area contributed by atoms with Crippen molar-refractivity contribution in [1.82, 2.24) is 19.8 Å². The van der Waals surface area contributed by atoms with Gasteiger partial charge in [0, 0.05) is 44.0 Å². The summed E-state index contributed by atoms with van der Waals surface area (Å²) in [5.74, 6) is 1.77. The zero-order valence-electron chi connectivity index (χ0n) is 25.0. The molecule has 4 aromatic rings. The van der Waals surface area contributed by atoms with Gasteiger partial charge in [0.1, 0.15) is 23.7 Å². The van der Waals surface area contributed by atoms with Crippen molar-refractivity contribution in [3.63, 3.8) is 0 Å². The first kappa shape index (κ1) is 28.2. The number of piperazine rings is 1. The van der Waals surface area contributed by atoms with E-state index >= 15 is 0 Å². The second-order valence-corrected chi connectivity index (χ2v) is 12.5. The van der Waals surface area contributed by atoms with Crippen LogP contribution in [-0.4, -0.2) is 84.6 Å². The van der Waals surface area contributed by atoms with Gasteiger partial charge in [-0.2, -0.15) is 0 Å². The van der Waals surface area contributed by atoms with Crippen LogP contribution in [0.5, 0.6) is 5.75 Å². The number of imidazole rings is 1. The van der Waals surface area contributed by atoms with E-state index in [9.17, 15) is 4.79 Å². The van der Waals surface area contributed by atoms with E-state index in [1.807, 2.05) is 24.3 Å². The number of ether oxygens (including phenoxy) is 1. The minimum Gasteiger partial charge on any atom is -0.492 e. The Kier molecular flexibility index (Phi) is 8.18. The summed E-state index contributed by atoms with van der Waals surface area (Å²) in [6, 6.07) is 22.8. The van der Waals surface area contributed by atoms with Crippen molar-refractivity contribution in [3.8, 4) is 17.1 Å². The third-order valence-electron chi connectivity index (χ3n) is 8.36. The first-order chi connectivity index (χ1) is 20.3. The van der Waals surface area contributed by atoms with Crippen molar-refractivity contribution in [1.29, 1.82) is 0 Å². The average molecular weight is 567 g/mol. The highest BCUT2D eigenvalue weighted by atomic mass is 16.5. The smallest absolute Gasteiger partial charge is 0.238 e. The normalized spacial score (nSPS) is 16.4. The zero-order chi connectivity index (χ0) is 29.1. The van der Waals surface area contributed by atoms with Crippen molar-refractivity contribution in [2.24, 2.45) is 0 Å². The molecule has 1 aromatic heterocycles. The number of aromatic nitrogens is 2. The highest BCUT2D eigenvalue weighted by Gasteiger charge is 2.21. The monoisotopic (exact) mass is 566 g/mol. The Hall–Kier alpha value is -3.88. The van der Waals surface area contributed by atoms with Gasteiger partial charge < -0.3 is 19.9 Å². The molecule has 0 unspecified atom stereocenters. The molecule has 1 amide bonds. The van der Waals surface area contributed by atoms with Gasteiger partial charge in [-0.1, -0.05) is 51.1 Å². The van der Waals surface area contributed by atoms with E-state index in [0.717, 1.165) is 79.7 Å². The van der Waals surface area contributed by atoms with Gasteiger partial charge >= 0.3 is 0 Å². The molecule has 2 saturated heterocycles. The molecule has 0 aliphatic carbocycles. The number of likely N-dealkylation sites (tertiary alicyclic amines) is 1. The summed E-state index contributed by atoms with van der Waals surface area (Å²) in [5, 5.41) is 2.97. The lowest BCUT2D eigenvalue weighted by molar-refractivity contribution is -0.118. The van der Waals surface area contributed by atoms with Crippen molar-refractivity contribution in [2.75, 3.05) is 69.2 Å². The SMILES string of the molecule is CC(C)(C)c1ccc(-c2nc3c(N4CCN(CCOc5ccc(NC(=O)CN6CCC6)cc5)CC4)cccc3[nH]2)cc1. The lowest BCUT2D eigenvalue weighted by Gasteiger charge is -2.36. The molecule has 0 spiro atoms. The van der Waals surface area contributed by atoms with Crippen LogP contribution in [0.4, 0.5) is 11.4 Å². The number of amides is 1. The molecule has 0 atom stereocenters. The summed E-state index contributed by atoms with van der Waals surface area (Å²) in [5.41, 5.74) is 6.66. The van der Waals surface area contributed by atoms with Crippen LogP contribution in [0, 0.1) is 0 Å². The summed E-state index contributed by atoms with van der Waals surface area (Å²) >= 11 is 0. The number of benzene rings is 3. The van der Waals surface area contributed by atoms with E-state index in [0.29, 0.717) is 13.2 Å². The highest BCUT2D eigenvalue weighted by molar-refractivity contribution is 5.92. The zero-order valence-corrected chi connectivity index (χ0v) is 25.0. The molecule has 2 aliphatic rings. The highest BCUT2D eigenvalue weighted by Crippen LogP contribution is 2.30. The van der Waals surface area contributed by atoms with Gasteiger partial charge in [-0.25, -0.2) is 4.98 Å². The number of para-hydroxylation sites is 1. The van der Waals surface area contributed by atoms with Crippen LogP contribution in [0.3, 0.4) is 0 Å². The number of fused-ring (bicyclic) bond motifs is 1. The largest absolute Gasteiger partial charge is 0.492 e. The number of aromatic amines is 1. The minimum atomic E-state index is 0.0392. The van der Waals surface area contributed by atoms with Gasteiger partial charge in [-0.3, -0.25) is 14.6 Å². The number of rotatable bonds is 9. The van der Waals surface area contributed by atoms with Gasteiger partial charge in [0.15, 0.2) is 0 Å². The molecule has 3 heterocycles. The first-order valence-electron chi connectivity index (χ1n) is 15.1. The fourth-order valence-corrected chi connectivity index (χ4v) is 5.62. The predicted octanol–water partition coefficient (Wildman–Crippen LogP) is 5.37. The maximum absolute atomic E-state index is 12.1. The minimum absolute atomic E-state index is 0.0392. The van der Waals surface area contributed by atoms with Gasteiger partial charge in [-0.15, -0.1) is 0 Å². The second-order valence-electron chi connectivity index (χ2n) is 12.5. The van der Waals surface area contributed by atoms with Crippen molar-refractivity contribution >= 4 is 28.3 Å². The van der Waals surface area contributed by atoms with Crippen LogP contribution in [0.15, 0.2) is 66.7 Å². The summed E-state index contributed by atoms with van der Waals surface area (Å²) in [6.45, 7) is 14.6. The van der Waals surface area contributed by atoms with Gasteiger partial charge in [0.05, 0.1) is 17.7 Å². The van der Waals surface area contributed by atoms with E-state index < -0.39 is 0 Å². The Morgan fingerprint density at radius 3 is 2.31 bits per heavy atom. The molecule has 3 aromatic carbocycles. The van der Waals surface area contributed by atoms with Crippen molar-refractivity contribution < 1.29 is 9.53 Å². The molecule has 0 radical (unpaired) electrons.